The molecular weight excluding hydrogens is 270 g/mol. The van der Waals surface area contributed by atoms with E-state index in [0.29, 0.717) is 0 Å². The normalized spacial score (nSPS) is 18.3. The average Bonchev–Trinajstić information content (AvgIpc) is 2.47. The molecule has 1 aliphatic heterocycles. The minimum Gasteiger partial charge on any atom is -0.368 e. The Morgan fingerprint density at radius 1 is 1.20 bits per heavy atom. The topological polar surface area (TPSA) is 32.5 Å². The van der Waals surface area contributed by atoms with Crippen LogP contribution in [-0.4, -0.2) is 43.7 Å². The molecule has 0 aromatic heterocycles. The zero-order valence-corrected chi connectivity index (χ0v) is 13.4. The fourth-order valence-corrected chi connectivity index (χ4v) is 3.11. The Morgan fingerprint density at radius 2 is 1.90 bits per heavy atom. The number of anilines is 1. The maximum Gasteiger partial charge on any atom is 0.0642 e. The number of para-hydroxylation sites is 1. The second-order valence-electron chi connectivity index (χ2n) is 5.54. The third kappa shape index (κ3) is 3.66. The molecule has 0 amide bonds. The van der Waals surface area contributed by atoms with Gasteiger partial charge in [0.25, 0.3) is 0 Å². The number of halogens is 1. The van der Waals surface area contributed by atoms with Crippen molar-refractivity contribution in [2.45, 2.75) is 32.7 Å². The second kappa shape index (κ2) is 7.30. The van der Waals surface area contributed by atoms with Gasteiger partial charge in [0.2, 0.25) is 0 Å². The van der Waals surface area contributed by atoms with Crippen LogP contribution in [0.3, 0.4) is 0 Å². The van der Waals surface area contributed by atoms with Crippen LogP contribution in [0.4, 0.5) is 5.69 Å². The second-order valence-corrected chi connectivity index (χ2v) is 5.95. The summed E-state index contributed by atoms with van der Waals surface area (Å²) < 4.78 is 0. The van der Waals surface area contributed by atoms with Gasteiger partial charge in [-0.3, -0.25) is 0 Å². The van der Waals surface area contributed by atoms with Gasteiger partial charge in [-0.05, 0) is 31.0 Å². The van der Waals surface area contributed by atoms with Crippen molar-refractivity contribution >= 4 is 17.3 Å². The fourth-order valence-electron chi connectivity index (χ4n) is 2.79. The monoisotopic (exact) mass is 295 g/mol. The largest absolute Gasteiger partial charge is 0.368 e. The van der Waals surface area contributed by atoms with Crippen LogP contribution < -0.4 is 10.6 Å². The van der Waals surface area contributed by atoms with Crippen LogP contribution >= 0.6 is 11.6 Å². The maximum absolute atomic E-state index is 6.46. The third-order valence-electron chi connectivity index (χ3n) is 4.21. The Morgan fingerprint density at radius 3 is 2.50 bits per heavy atom. The van der Waals surface area contributed by atoms with Crippen LogP contribution in [0.5, 0.6) is 0 Å². The molecule has 0 spiro atoms. The van der Waals surface area contributed by atoms with Crippen molar-refractivity contribution in [2.24, 2.45) is 5.73 Å². The molecule has 1 aromatic rings. The summed E-state index contributed by atoms with van der Waals surface area (Å²) >= 11 is 6.46. The molecule has 3 nitrogen and oxygen atoms in total. The number of piperazine rings is 1. The average molecular weight is 296 g/mol. The van der Waals surface area contributed by atoms with Gasteiger partial charge in [0.05, 0.1) is 10.7 Å². The highest BCUT2D eigenvalue weighted by Crippen LogP contribution is 2.31. The van der Waals surface area contributed by atoms with Crippen LogP contribution in [0.1, 0.15) is 25.8 Å². The Kier molecular flexibility index (Phi) is 5.70. The van der Waals surface area contributed by atoms with E-state index in [1.807, 2.05) is 12.1 Å². The lowest BCUT2D eigenvalue weighted by Gasteiger charge is -2.37. The molecule has 1 saturated heterocycles. The van der Waals surface area contributed by atoms with Crippen molar-refractivity contribution < 1.29 is 0 Å². The fraction of sp³-hybridized carbons (Fsp3) is 0.625. The molecule has 0 aliphatic carbocycles. The van der Waals surface area contributed by atoms with E-state index in [4.69, 9.17) is 17.3 Å². The highest BCUT2D eigenvalue weighted by Gasteiger charge is 2.20. The van der Waals surface area contributed by atoms with Gasteiger partial charge >= 0.3 is 0 Å². The van der Waals surface area contributed by atoms with Gasteiger partial charge < -0.3 is 15.5 Å². The first-order valence-electron chi connectivity index (χ1n) is 7.66. The maximum atomic E-state index is 6.46. The Labute approximate surface area is 127 Å². The van der Waals surface area contributed by atoms with Gasteiger partial charge in [-0.1, -0.05) is 37.6 Å². The predicted molar refractivity (Wildman–Crippen MR) is 87.7 cm³/mol. The van der Waals surface area contributed by atoms with Crippen LogP contribution in [-0.2, 0) is 6.42 Å². The van der Waals surface area contributed by atoms with Crippen molar-refractivity contribution in [2.75, 3.05) is 37.6 Å². The molecule has 0 saturated carbocycles. The van der Waals surface area contributed by atoms with Crippen LogP contribution in [0.25, 0.3) is 0 Å². The minimum atomic E-state index is 0.212. The van der Waals surface area contributed by atoms with Crippen LogP contribution in [0.15, 0.2) is 18.2 Å². The molecule has 1 unspecified atom stereocenters. The summed E-state index contributed by atoms with van der Waals surface area (Å²) in [6.07, 6.45) is 1.90. The predicted octanol–water partition coefficient (Wildman–Crippen LogP) is 2.76. The van der Waals surface area contributed by atoms with Gasteiger partial charge in [-0.15, -0.1) is 0 Å². The van der Waals surface area contributed by atoms with Gasteiger partial charge in [-0.25, -0.2) is 0 Å². The first-order chi connectivity index (χ1) is 9.65. The number of rotatable bonds is 5. The van der Waals surface area contributed by atoms with Gasteiger partial charge in [0.15, 0.2) is 0 Å². The highest BCUT2D eigenvalue weighted by atomic mass is 35.5. The lowest BCUT2D eigenvalue weighted by atomic mass is 10.0. The van der Waals surface area contributed by atoms with Crippen molar-refractivity contribution in [1.29, 1.82) is 0 Å². The number of nitrogens with zero attached hydrogens (tertiary/aromatic N) is 2. The molecule has 1 aromatic carbocycles. The van der Waals surface area contributed by atoms with Crippen molar-refractivity contribution in [3.63, 3.8) is 0 Å². The first-order valence-corrected chi connectivity index (χ1v) is 8.03. The number of hydrogen-bond acceptors (Lipinski definition) is 3. The molecule has 2 rings (SSSR count). The summed E-state index contributed by atoms with van der Waals surface area (Å²) in [5.41, 5.74) is 8.62. The van der Waals surface area contributed by atoms with E-state index in [-0.39, 0.29) is 6.04 Å². The number of nitrogens with two attached hydrogens (primary N) is 1. The van der Waals surface area contributed by atoms with E-state index in [1.54, 1.807) is 0 Å². The van der Waals surface area contributed by atoms with Crippen molar-refractivity contribution in [3.05, 3.63) is 28.8 Å². The standard InChI is InChI=1S/C16H26ClN3/c1-3-14(18)12-13-6-5-7-15(17)16(13)20-10-8-19(4-2)9-11-20/h5-7,14H,3-4,8-12,18H2,1-2H3. The summed E-state index contributed by atoms with van der Waals surface area (Å²) in [6, 6.07) is 6.41. The van der Waals surface area contributed by atoms with Crippen molar-refractivity contribution in [1.82, 2.24) is 4.90 Å². The molecular formula is C16H26ClN3. The summed E-state index contributed by atoms with van der Waals surface area (Å²) in [7, 11) is 0. The first kappa shape index (κ1) is 15.6. The minimum absolute atomic E-state index is 0.212. The molecule has 20 heavy (non-hydrogen) atoms. The molecule has 1 aliphatic rings. The Bertz CT molecular complexity index is 428. The van der Waals surface area contributed by atoms with E-state index in [2.05, 4.69) is 29.7 Å². The SMILES string of the molecule is CCC(N)Cc1cccc(Cl)c1N1CCN(CC)CC1. The van der Waals surface area contributed by atoms with E-state index in [9.17, 15) is 0 Å². The number of likely N-dealkylation sites (N-methyl/N-ethyl adjacent to an activating group) is 1. The summed E-state index contributed by atoms with van der Waals surface area (Å²) in [6.45, 7) is 9.80. The third-order valence-corrected chi connectivity index (χ3v) is 4.52. The number of hydrogen-bond donors (Lipinski definition) is 1. The van der Waals surface area contributed by atoms with Crippen molar-refractivity contribution in [3.8, 4) is 0 Å². The van der Waals surface area contributed by atoms with Crippen LogP contribution in [0, 0.1) is 0 Å². The summed E-state index contributed by atoms with van der Waals surface area (Å²) in [4.78, 5) is 4.90. The van der Waals surface area contributed by atoms with Gasteiger partial charge in [-0.2, -0.15) is 0 Å². The van der Waals surface area contributed by atoms with Gasteiger partial charge in [0.1, 0.15) is 0 Å². The lowest BCUT2D eigenvalue weighted by molar-refractivity contribution is 0.271. The van der Waals surface area contributed by atoms with Gasteiger partial charge in [0, 0.05) is 32.2 Å². The quantitative estimate of drug-likeness (QED) is 0.907. The molecule has 1 heterocycles. The summed E-state index contributed by atoms with van der Waals surface area (Å²) in [5, 5.41) is 0.857. The summed E-state index contributed by atoms with van der Waals surface area (Å²) in [5.74, 6) is 0. The zero-order chi connectivity index (χ0) is 14.5. The zero-order valence-electron chi connectivity index (χ0n) is 12.6. The van der Waals surface area contributed by atoms with E-state index < -0.39 is 0 Å². The highest BCUT2D eigenvalue weighted by molar-refractivity contribution is 6.33. The van der Waals surface area contributed by atoms with E-state index in [1.165, 1.54) is 11.3 Å². The Hall–Kier alpha value is -0.770. The lowest BCUT2D eigenvalue weighted by Crippen LogP contribution is -2.46. The molecule has 0 bridgehead atoms. The smallest absolute Gasteiger partial charge is 0.0642 e. The molecule has 1 fully saturated rings. The molecule has 2 N–H and O–H groups in total. The van der Waals surface area contributed by atoms with E-state index in [0.717, 1.165) is 50.6 Å². The molecule has 1 atom stereocenters. The number of benzene rings is 1. The van der Waals surface area contributed by atoms with Crippen LogP contribution in [0.2, 0.25) is 5.02 Å². The van der Waals surface area contributed by atoms with E-state index >= 15 is 0 Å². The molecule has 112 valence electrons. The Balaban J connectivity index is 2.17. The molecule has 0 radical (unpaired) electrons. The molecule has 4 heteroatoms.